The fourth-order valence-electron chi connectivity index (χ4n) is 2.15. The number of nitrogens with zero attached hydrogens (tertiary/aromatic N) is 1. The predicted octanol–water partition coefficient (Wildman–Crippen LogP) is 4.98. The molecule has 0 saturated heterocycles. The van der Waals surface area contributed by atoms with Gasteiger partial charge in [0.2, 0.25) is 0 Å². The lowest BCUT2D eigenvalue weighted by atomic mass is 10.1. The average Bonchev–Trinajstić information content (AvgIpc) is 2.88. The molecule has 2 rings (SSSR count). The zero-order valence-corrected chi connectivity index (χ0v) is 14.9. The van der Waals surface area contributed by atoms with Gasteiger partial charge in [0.25, 0.3) is 0 Å². The molecule has 0 aliphatic heterocycles. The molecule has 0 bridgehead atoms. The minimum Gasteiger partial charge on any atom is -0.312 e. The quantitative estimate of drug-likeness (QED) is 0.729. The van der Waals surface area contributed by atoms with Crippen molar-refractivity contribution < 1.29 is 0 Å². The maximum Gasteiger partial charge on any atom is 0.103 e. The van der Waals surface area contributed by atoms with Gasteiger partial charge in [0, 0.05) is 16.3 Å². The van der Waals surface area contributed by atoms with Crippen LogP contribution in [-0.2, 0) is 12.3 Å². The second-order valence-corrected chi connectivity index (χ2v) is 7.59. The Bertz CT molecular complexity index is 576. The zero-order valence-electron chi connectivity index (χ0n) is 13.3. The van der Waals surface area contributed by atoms with Crippen LogP contribution in [0.3, 0.4) is 0 Å². The van der Waals surface area contributed by atoms with Crippen LogP contribution in [0, 0.1) is 6.92 Å². The standard InChI is InChI=1S/C17H24N2S2/c1-5-18-10-15-17(12(2)3)19-16(21-15)11-20-14-9-7-6-8-13(14)4/h6-9,12,18H,5,10-11H2,1-4H3. The van der Waals surface area contributed by atoms with E-state index in [0.717, 1.165) is 18.8 Å². The van der Waals surface area contributed by atoms with Crippen molar-refractivity contribution in [2.75, 3.05) is 6.54 Å². The van der Waals surface area contributed by atoms with Crippen molar-refractivity contribution in [2.45, 2.75) is 50.8 Å². The van der Waals surface area contributed by atoms with E-state index in [2.05, 4.69) is 57.3 Å². The molecule has 0 radical (unpaired) electrons. The summed E-state index contributed by atoms with van der Waals surface area (Å²) in [5.41, 5.74) is 2.61. The molecule has 1 aromatic carbocycles. The molecular weight excluding hydrogens is 296 g/mol. The summed E-state index contributed by atoms with van der Waals surface area (Å²) in [5, 5.41) is 4.66. The first kappa shape index (κ1) is 16.5. The molecule has 0 unspecified atom stereocenters. The largest absolute Gasteiger partial charge is 0.312 e. The Kier molecular flexibility index (Phi) is 6.27. The van der Waals surface area contributed by atoms with Crippen molar-refractivity contribution in [1.82, 2.24) is 10.3 Å². The zero-order chi connectivity index (χ0) is 15.2. The predicted molar refractivity (Wildman–Crippen MR) is 94.3 cm³/mol. The highest BCUT2D eigenvalue weighted by atomic mass is 32.2. The number of rotatable bonds is 7. The van der Waals surface area contributed by atoms with Gasteiger partial charge < -0.3 is 5.32 Å². The molecule has 0 fully saturated rings. The first-order valence-electron chi connectivity index (χ1n) is 7.49. The van der Waals surface area contributed by atoms with E-state index in [1.807, 2.05) is 23.1 Å². The summed E-state index contributed by atoms with van der Waals surface area (Å²) in [5.74, 6) is 1.45. The number of hydrogen-bond acceptors (Lipinski definition) is 4. The molecule has 0 saturated carbocycles. The van der Waals surface area contributed by atoms with Crippen molar-refractivity contribution >= 4 is 23.1 Å². The number of benzene rings is 1. The SMILES string of the molecule is CCNCc1sc(CSc2ccccc2C)nc1C(C)C. The molecule has 0 amide bonds. The highest BCUT2D eigenvalue weighted by Crippen LogP contribution is 2.31. The fourth-order valence-corrected chi connectivity index (χ4v) is 4.36. The summed E-state index contributed by atoms with van der Waals surface area (Å²) in [4.78, 5) is 7.61. The number of thioether (sulfide) groups is 1. The molecule has 1 aromatic heterocycles. The molecule has 4 heteroatoms. The molecule has 0 aliphatic rings. The van der Waals surface area contributed by atoms with Crippen LogP contribution in [0.2, 0.25) is 0 Å². The van der Waals surface area contributed by atoms with Gasteiger partial charge in [0.1, 0.15) is 5.01 Å². The number of nitrogens with one attached hydrogen (secondary N) is 1. The van der Waals surface area contributed by atoms with Gasteiger partial charge in [-0.15, -0.1) is 23.1 Å². The smallest absolute Gasteiger partial charge is 0.103 e. The monoisotopic (exact) mass is 320 g/mol. The summed E-state index contributed by atoms with van der Waals surface area (Å²) in [6.07, 6.45) is 0. The lowest BCUT2D eigenvalue weighted by Crippen LogP contribution is -2.12. The molecule has 2 nitrogen and oxygen atoms in total. The van der Waals surface area contributed by atoms with Crippen molar-refractivity contribution in [3.63, 3.8) is 0 Å². The molecule has 1 N–H and O–H groups in total. The van der Waals surface area contributed by atoms with Crippen LogP contribution in [0.25, 0.3) is 0 Å². The fraction of sp³-hybridized carbons (Fsp3) is 0.471. The van der Waals surface area contributed by atoms with Gasteiger partial charge in [0.15, 0.2) is 0 Å². The summed E-state index contributed by atoms with van der Waals surface area (Å²) in [7, 11) is 0. The molecule has 0 aliphatic carbocycles. The Hall–Kier alpha value is -0.840. The molecular formula is C17H24N2S2. The van der Waals surface area contributed by atoms with Gasteiger partial charge in [-0.05, 0) is 31.0 Å². The number of aromatic nitrogens is 1. The van der Waals surface area contributed by atoms with E-state index in [1.165, 1.54) is 26.0 Å². The lowest BCUT2D eigenvalue weighted by Gasteiger charge is -2.04. The van der Waals surface area contributed by atoms with Crippen LogP contribution in [-0.4, -0.2) is 11.5 Å². The Morgan fingerprint density at radius 2 is 2.05 bits per heavy atom. The van der Waals surface area contributed by atoms with Crippen LogP contribution in [0.1, 0.15) is 47.8 Å². The topological polar surface area (TPSA) is 24.9 Å². The first-order valence-corrected chi connectivity index (χ1v) is 9.29. The van der Waals surface area contributed by atoms with Crippen LogP contribution in [0.15, 0.2) is 29.2 Å². The minimum atomic E-state index is 0.493. The van der Waals surface area contributed by atoms with E-state index in [0.29, 0.717) is 5.92 Å². The highest BCUT2D eigenvalue weighted by Gasteiger charge is 2.14. The van der Waals surface area contributed by atoms with Crippen molar-refractivity contribution in [3.05, 3.63) is 45.4 Å². The summed E-state index contributed by atoms with van der Waals surface area (Å²) < 4.78 is 0. The van der Waals surface area contributed by atoms with Crippen LogP contribution in [0.5, 0.6) is 0 Å². The molecule has 114 valence electrons. The normalized spacial score (nSPS) is 11.3. The van der Waals surface area contributed by atoms with Crippen molar-refractivity contribution in [1.29, 1.82) is 0 Å². The minimum absolute atomic E-state index is 0.493. The molecule has 0 atom stereocenters. The third kappa shape index (κ3) is 4.56. The Balaban J connectivity index is 2.08. The average molecular weight is 321 g/mol. The first-order chi connectivity index (χ1) is 10.1. The van der Waals surface area contributed by atoms with Crippen LogP contribution in [0.4, 0.5) is 0 Å². The second-order valence-electron chi connectivity index (χ2n) is 5.41. The van der Waals surface area contributed by atoms with Crippen LogP contribution < -0.4 is 5.32 Å². The summed E-state index contributed by atoms with van der Waals surface area (Å²) in [6.45, 7) is 10.7. The number of thiazole rings is 1. The van der Waals surface area contributed by atoms with E-state index in [-0.39, 0.29) is 0 Å². The molecule has 2 aromatic rings. The Morgan fingerprint density at radius 3 is 2.71 bits per heavy atom. The van der Waals surface area contributed by atoms with E-state index in [9.17, 15) is 0 Å². The third-order valence-electron chi connectivity index (χ3n) is 3.30. The van der Waals surface area contributed by atoms with Gasteiger partial charge in [-0.3, -0.25) is 0 Å². The van der Waals surface area contributed by atoms with Crippen LogP contribution >= 0.6 is 23.1 Å². The van der Waals surface area contributed by atoms with Gasteiger partial charge in [0.05, 0.1) is 11.4 Å². The van der Waals surface area contributed by atoms with Gasteiger partial charge in [-0.25, -0.2) is 4.98 Å². The van der Waals surface area contributed by atoms with Gasteiger partial charge in [-0.1, -0.05) is 39.0 Å². The second kappa shape index (κ2) is 7.97. The van der Waals surface area contributed by atoms with E-state index in [1.54, 1.807) is 0 Å². The third-order valence-corrected chi connectivity index (χ3v) is 5.74. The summed E-state index contributed by atoms with van der Waals surface area (Å²) in [6, 6.07) is 8.55. The highest BCUT2D eigenvalue weighted by molar-refractivity contribution is 7.98. The number of aryl methyl sites for hydroxylation is 1. The van der Waals surface area contributed by atoms with Gasteiger partial charge >= 0.3 is 0 Å². The Morgan fingerprint density at radius 1 is 1.29 bits per heavy atom. The van der Waals surface area contributed by atoms with E-state index < -0.39 is 0 Å². The summed E-state index contributed by atoms with van der Waals surface area (Å²) >= 11 is 3.74. The number of hydrogen-bond donors (Lipinski definition) is 1. The molecule has 21 heavy (non-hydrogen) atoms. The molecule has 1 heterocycles. The van der Waals surface area contributed by atoms with Crippen molar-refractivity contribution in [3.8, 4) is 0 Å². The maximum atomic E-state index is 4.87. The van der Waals surface area contributed by atoms with E-state index in [4.69, 9.17) is 4.98 Å². The Labute approximate surface area is 136 Å². The lowest BCUT2D eigenvalue weighted by molar-refractivity contribution is 0.713. The molecule has 0 spiro atoms. The van der Waals surface area contributed by atoms with Gasteiger partial charge in [-0.2, -0.15) is 0 Å². The van der Waals surface area contributed by atoms with Crippen molar-refractivity contribution in [2.24, 2.45) is 0 Å². The maximum absolute atomic E-state index is 4.87. The van der Waals surface area contributed by atoms with E-state index >= 15 is 0 Å².